The molecule has 1 rings (SSSR count). The van der Waals surface area contributed by atoms with E-state index in [4.69, 9.17) is 10.8 Å². The highest BCUT2D eigenvalue weighted by Crippen LogP contribution is 2.19. The van der Waals surface area contributed by atoms with Crippen molar-refractivity contribution in [2.75, 3.05) is 18.5 Å². The fourth-order valence-corrected chi connectivity index (χ4v) is 1.31. The minimum Gasteiger partial charge on any atom is -0.395 e. The Kier molecular flexibility index (Phi) is 4.38. The molecule has 0 aliphatic rings. The average Bonchev–Trinajstić information content (AvgIpc) is 2.19. The van der Waals surface area contributed by atoms with E-state index in [1.165, 1.54) is 5.56 Å². The Morgan fingerprint density at radius 1 is 1.57 bits per heavy atom. The van der Waals surface area contributed by atoms with Gasteiger partial charge in [0.25, 0.3) is 0 Å². The topological polar surface area (TPSA) is 58.3 Å². The second-order valence-electron chi connectivity index (χ2n) is 3.29. The van der Waals surface area contributed by atoms with Gasteiger partial charge in [-0.15, -0.1) is 0 Å². The number of aryl methyl sites for hydroxylation is 1. The Balaban J connectivity index is 2.55. The summed E-state index contributed by atoms with van der Waals surface area (Å²) in [6.07, 6.45) is 0. The fourth-order valence-electron chi connectivity index (χ4n) is 1.07. The van der Waals surface area contributed by atoms with Gasteiger partial charge < -0.3 is 16.2 Å². The molecule has 0 aromatic heterocycles. The number of anilines is 1. The van der Waals surface area contributed by atoms with Crippen molar-refractivity contribution in [3.8, 4) is 0 Å². The maximum absolute atomic E-state index is 8.74. The van der Waals surface area contributed by atoms with Crippen LogP contribution in [0.15, 0.2) is 22.7 Å². The summed E-state index contributed by atoms with van der Waals surface area (Å²) >= 11 is 3.43. The van der Waals surface area contributed by atoms with Crippen LogP contribution < -0.4 is 11.1 Å². The van der Waals surface area contributed by atoms with Crippen molar-refractivity contribution >= 4 is 21.6 Å². The Morgan fingerprint density at radius 3 is 2.86 bits per heavy atom. The minimum absolute atomic E-state index is 0.00249. The lowest BCUT2D eigenvalue weighted by Gasteiger charge is -2.11. The second-order valence-corrected chi connectivity index (χ2v) is 4.14. The molecule has 0 saturated carbocycles. The molecule has 1 aromatic carbocycles. The van der Waals surface area contributed by atoms with Gasteiger partial charge >= 0.3 is 0 Å². The standard InChI is InChI=1S/C10H15BrN2O/c1-7-4-9(2-3-10(7)11)13-5-8(12)6-14/h2-4,8,13-14H,5-6,12H2,1H3. The van der Waals surface area contributed by atoms with Gasteiger partial charge in [-0.1, -0.05) is 15.9 Å². The lowest BCUT2D eigenvalue weighted by molar-refractivity contribution is 0.270. The first-order chi connectivity index (χ1) is 6.63. The molecule has 0 aliphatic heterocycles. The largest absolute Gasteiger partial charge is 0.395 e. The van der Waals surface area contributed by atoms with E-state index >= 15 is 0 Å². The van der Waals surface area contributed by atoms with Crippen LogP contribution in [0.2, 0.25) is 0 Å². The van der Waals surface area contributed by atoms with Gasteiger partial charge in [0, 0.05) is 22.7 Å². The van der Waals surface area contributed by atoms with Crippen LogP contribution in [0.25, 0.3) is 0 Å². The van der Waals surface area contributed by atoms with E-state index in [9.17, 15) is 0 Å². The Morgan fingerprint density at radius 2 is 2.29 bits per heavy atom. The summed E-state index contributed by atoms with van der Waals surface area (Å²) in [7, 11) is 0. The van der Waals surface area contributed by atoms with Crippen LogP contribution in [-0.4, -0.2) is 24.3 Å². The fraction of sp³-hybridized carbons (Fsp3) is 0.400. The summed E-state index contributed by atoms with van der Waals surface area (Å²) in [5.41, 5.74) is 7.76. The summed E-state index contributed by atoms with van der Waals surface area (Å²) < 4.78 is 1.09. The molecule has 0 bridgehead atoms. The van der Waals surface area contributed by atoms with E-state index in [1.807, 2.05) is 25.1 Å². The van der Waals surface area contributed by atoms with Gasteiger partial charge in [-0.05, 0) is 30.7 Å². The van der Waals surface area contributed by atoms with Crippen molar-refractivity contribution in [2.24, 2.45) is 5.73 Å². The number of aliphatic hydroxyl groups is 1. The summed E-state index contributed by atoms with van der Waals surface area (Å²) in [4.78, 5) is 0. The third kappa shape index (κ3) is 3.29. The van der Waals surface area contributed by atoms with Gasteiger partial charge in [0.05, 0.1) is 6.61 Å². The molecule has 14 heavy (non-hydrogen) atoms. The van der Waals surface area contributed by atoms with Crippen molar-refractivity contribution in [1.82, 2.24) is 0 Å². The molecule has 1 atom stereocenters. The summed E-state index contributed by atoms with van der Waals surface area (Å²) in [6.45, 7) is 2.61. The molecule has 78 valence electrons. The third-order valence-electron chi connectivity index (χ3n) is 1.96. The van der Waals surface area contributed by atoms with E-state index in [-0.39, 0.29) is 12.6 Å². The van der Waals surface area contributed by atoms with Crippen molar-refractivity contribution in [3.63, 3.8) is 0 Å². The molecular formula is C10H15BrN2O. The van der Waals surface area contributed by atoms with E-state index in [0.29, 0.717) is 6.54 Å². The molecule has 0 radical (unpaired) electrons. The molecule has 0 fully saturated rings. The highest BCUT2D eigenvalue weighted by atomic mass is 79.9. The zero-order valence-electron chi connectivity index (χ0n) is 8.13. The maximum Gasteiger partial charge on any atom is 0.0599 e. The first-order valence-corrected chi connectivity index (χ1v) is 5.29. The van der Waals surface area contributed by atoms with Crippen LogP contribution >= 0.6 is 15.9 Å². The smallest absolute Gasteiger partial charge is 0.0599 e. The van der Waals surface area contributed by atoms with E-state index < -0.39 is 0 Å². The SMILES string of the molecule is Cc1cc(NCC(N)CO)ccc1Br. The van der Waals surface area contributed by atoms with Gasteiger partial charge in [0.15, 0.2) is 0 Å². The molecular weight excluding hydrogens is 244 g/mol. The molecule has 0 aliphatic carbocycles. The third-order valence-corrected chi connectivity index (χ3v) is 2.85. The van der Waals surface area contributed by atoms with E-state index in [2.05, 4.69) is 21.2 Å². The minimum atomic E-state index is -0.209. The van der Waals surface area contributed by atoms with Gasteiger partial charge in [0.2, 0.25) is 0 Å². The molecule has 1 unspecified atom stereocenters. The van der Waals surface area contributed by atoms with Crippen LogP contribution in [0, 0.1) is 6.92 Å². The monoisotopic (exact) mass is 258 g/mol. The molecule has 1 aromatic rings. The normalized spacial score (nSPS) is 12.6. The molecule has 0 amide bonds. The Labute approximate surface area is 92.4 Å². The van der Waals surface area contributed by atoms with Crippen LogP contribution in [0.4, 0.5) is 5.69 Å². The second kappa shape index (κ2) is 5.34. The van der Waals surface area contributed by atoms with Gasteiger partial charge in [-0.25, -0.2) is 0 Å². The molecule has 0 heterocycles. The summed E-state index contributed by atoms with van der Waals surface area (Å²) in [5, 5.41) is 11.9. The Hall–Kier alpha value is -0.580. The molecule has 0 saturated heterocycles. The van der Waals surface area contributed by atoms with Gasteiger partial charge in [-0.3, -0.25) is 0 Å². The lowest BCUT2D eigenvalue weighted by atomic mass is 10.2. The predicted molar refractivity (Wildman–Crippen MR) is 62.4 cm³/mol. The maximum atomic E-state index is 8.74. The number of halogens is 1. The van der Waals surface area contributed by atoms with Crippen molar-refractivity contribution in [2.45, 2.75) is 13.0 Å². The number of rotatable bonds is 4. The molecule has 3 nitrogen and oxygen atoms in total. The highest BCUT2D eigenvalue weighted by molar-refractivity contribution is 9.10. The zero-order valence-corrected chi connectivity index (χ0v) is 9.71. The number of benzene rings is 1. The van der Waals surface area contributed by atoms with Crippen molar-refractivity contribution in [3.05, 3.63) is 28.2 Å². The molecule has 4 heteroatoms. The quantitative estimate of drug-likeness (QED) is 0.767. The number of aliphatic hydroxyl groups excluding tert-OH is 1. The van der Waals surface area contributed by atoms with Crippen LogP contribution in [0.1, 0.15) is 5.56 Å². The first kappa shape index (κ1) is 11.5. The zero-order chi connectivity index (χ0) is 10.6. The average molecular weight is 259 g/mol. The summed E-state index contributed by atoms with van der Waals surface area (Å²) in [5.74, 6) is 0. The molecule has 4 N–H and O–H groups in total. The number of nitrogens with one attached hydrogen (secondary N) is 1. The van der Waals surface area contributed by atoms with E-state index in [0.717, 1.165) is 10.2 Å². The van der Waals surface area contributed by atoms with Crippen LogP contribution in [-0.2, 0) is 0 Å². The van der Waals surface area contributed by atoms with Crippen molar-refractivity contribution in [1.29, 1.82) is 0 Å². The highest BCUT2D eigenvalue weighted by Gasteiger charge is 2.00. The number of hydrogen-bond acceptors (Lipinski definition) is 3. The van der Waals surface area contributed by atoms with Crippen molar-refractivity contribution < 1.29 is 5.11 Å². The van der Waals surface area contributed by atoms with Gasteiger partial charge in [0.1, 0.15) is 0 Å². The van der Waals surface area contributed by atoms with Gasteiger partial charge in [-0.2, -0.15) is 0 Å². The number of nitrogens with two attached hydrogens (primary N) is 1. The molecule has 0 spiro atoms. The Bertz CT molecular complexity index is 304. The predicted octanol–water partition coefficient (Wildman–Crippen LogP) is 1.49. The van der Waals surface area contributed by atoms with Crippen LogP contribution in [0.3, 0.4) is 0 Å². The number of hydrogen-bond donors (Lipinski definition) is 3. The first-order valence-electron chi connectivity index (χ1n) is 4.50. The lowest BCUT2D eigenvalue weighted by Crippen LogP contribution is -2.32. The van der Waals surface area contributed by atoms with Crippen LogP contribution in [0.5, 0.6) is 0 Å². The van der Waals surface area contributed by atoms with E-state index in [1.54, 1.807) is 0 Å². The summed E-state index contributed by atoms with van der Waals surface area (Å²) in [6, 6.07) is 5.79.